The second kappa shape index (κ2) is 4.75. The molecular formula is C10H12BrFO2. The predicted molar refractivity (Wildman–Crippen MR) is 56.0 cm³/mol. The summed E-state index contributed by atoms with van der Waals surface area (Å²) in [5.41, 5.74) is 0.408. The van der Waals surface area contributed by atoms with E-state index in [1.807, 2.05) is 0 Å². The molecule has 0 radical (unpaired) electrons. The minimum absolute atomic E-state index is 0.252. The van der Waals surface area contributed by atoms with Crippen molar-refractivity contribution < 1.29 is 14.2 Å². The van der Waals surface area contributed by atoms with E-state index in [-0.39, 0.29) is 12.2 Å². The molecular weight excluding hydrogens is 251 g/mol. The first-order chi connectivity index (χ1) is 6.54. The van der Waals surface area contributed by atoms with Crippen molar-refractivity contribution in [3.05, 3.63) is 28.0 Å². The van der Waals surface area contributed by atoms with Gasteiger partial charge >= 0.3 is 0 Å². The highest BCUT2D eigenvalue weighted by atomic mass is 79.9. The Morgan fingerprint density at radius 3 is 2.71 bits per heavy atom. The molecule has 1 N–H and O–H groups in total. The molecule has 2 nitrogen and oxygen atoms in total. The summed E-state index contributed by atoms with van der Waals surface area (Å²) in [4.78, 5) is 0. The Kier molecular flexibility index (Phi) is 3.89. The zero-order valence-corrected chi connectivity index (χ0v) is 9.64. The van der Waals surface area contributed by atoms with Gasteiger partial charge in [-0.2, -0.15) is 0 Å². The molecule has 1 aromatic rings. The third kappa shape index (κ3) is 2.69. The van der Waals surface area contributed by atoms with E-state index in [9.17, 15) is 9.50 Å². The van der Waals surface area contributed by atoms with Crippen LogP contribution in [-0.4, -0.2) is 18.3 Å². The van der Waals surface area contributed by atoms with Crippen LogP contribution in [0.3, 0.4) is 0 Å². The Morgan fingerprint density at radius 2 is 2.21 bits per heavy atom. The van der Waals surface area contributed by atoms with Gasteiger partial charge in [-0.15, -0.1) is 0 Å². The molecule has 78 valence electrons. The standard InChI is InChI=1S/C10H12BrFO2/c1-6(13)3-8-9(12)4-7(11)5-10(8)14-2/h4-6,13H,3H2,1-2H3/t6-/m1/s1. The van der Waals surface area contributed by atoms with Crippen molar-refractivity contribution in [2.24, 2.45) is 0 Å². The number of rotatable bonds is 3. The molecule has 4 heteroatoms. The van der Waals surface area contributed by atoms with Crippen LogP contribution in [0.15, 0.2) is 16.6 Å². The molecule has 0 spiro atoms. The number of benzene rings is 1. The smallest absolute Gasteiger partial charge is 0.131 e. The van der Waals surface area contributed by atoms with E-state index in [1.165, 1.54) is 13.2 Å². The van der Waals surface area contributed by atoms with E-state index in [0.29, 0.717) is 15.8 Å². The van der Waals surface area contributed by atoms with Crippen LogP contribution in [0.25, 0.3) is 0 Å². The highest BCUT2D eigenvalue weighted by Crippen LogP contribution is 2.27. The molecule has 14 heavy (non-hydrogen) atoms. The fraction of sp³-hybridized carbons (Fsp3) is 0.400. The van der Waals surface area contributed by atoms with Crippen LogP contribution in [0.2, 0.25) is 0 Å². The maximum absolute atomic E-state index is 13.4. The van der Waals surface area contributed by atoms with Crippen molar-refractivity contribution in [2.75, 3.05) is 7.11 Å². The van der Waals surface area contributed by atoms with Crippen molar-refractivity contribution in [2.45, 2.75) is 19.4 Å². The van der Waals surface area contributed by atoms with Crippen LogP contribution >= 0.6 is 15.9 Å². The fourth-order valence-electron chi connectivity index (χ4n) is 1.26. The van der Waals surface area contributed by atoms with Gasteiger partial charge in [-0.25, -0.2) is 4.39 Å². The molecule has 0 saturated carbocycles. The lowest BCUT2D eigenvalue weighted by molar-refractivity contribution is 0.192. The first-order valence-corrected chi connectivity index (χ1v) is 5.04. The fourth-order valence-corrected chi connectivity index (χ4v) is 1.66. The van der Waals surface area contributed by atoms with Gasteiger partial charge in [0, 0.05) is 16.5 Å². The lowest BCUT2D eigenvalue weighted by Crippen LogP contribution is -2.07. The van der Waals surface area contributed by atoms with Crippen molar-refractivity contribution in [3.8, 4) is 5.75 Å². The summed E-state index contributed by atoms with van der Waals surface area (Å²) in [7, 11) is 1.48. The Balaban J connectivity index is 3.11. The molecule has 0 heterocycles. The van der Waals surface area contributed by atoms with Gasteiger partial charge in [-0.1, -0.05) is 15.9 Å². The van der Waals surface area contributed by atoms with Gasteiger partial charge in [0.2, 0.25) is 0 Å². The molecule has 1 atom stereocenters. The number of methoxy groups -OCH3 is 1. The molecule has 0 amide bonds. The quantitative estimate of drug-likeness (QED) is 0.907. The Morgan fingerprint density at radius 1 is 1.57 bits per heavy atom. The van der Waals surface area contributed by atoms with Gasteiger partial charge in [-0.3, -0.25) is 0 Å². The third-order valence-electron chi connectivity index (χ3n) is 1.84. The molecule has 0 aliphatic heterocycles. The van der Waals surface area contributed by atoms with E-state index in [4.69, 9.17) is 4.74 Å². The van der Waals surface area contributed by atoms with Gasteiger partial charge < -0.3 is 9.84 Å². The maximum Gasteiger partial charge on any atom is 0.131 e. The lowest BCUT2D eigenvalue weighted by Gasteiger charge is -2.11. The van der Waals surface area contributed by atoms with Gasteiger partial charge in [0.25, 0.3) is 0 Å². The van der Waals surface area contributed by atoms with Crippen LogP contribution in [0.4, 0.5) is 4.39 Å². The highest BCUT2D eigenvalue weighted by molar-refractivity contribution is 9.10. The minimum atomic E-state index is -0.584. The summed E-state index contributed by atoms with van der Waals surface area (Å²) >= 11 is 3.17. The Labute approximate surface area is 90.8 Å². The van der Waals surface area contributed by atoms with Crippen molar-refractivity contribution in [1.29, 1.82) is 0 Å². The van der Waals surface area contributed by atoms with Crippen LogP contribution < -0.4 is 4.74 Å². The van der Waals surface area contributed by atoms with Crippen LogP contribution in [0.5, 0.6) is 5.75 Å². The molecule has 0 aromatic heterocycles. The molecule has 0 bridgehead atoms. The summed E-state index contributed by atoms with van der Waals surface area (Å²) in [5.74, 6) is 0.0925. The molecule has 1 aromatic carbocycles. The Bertz CT molecular complexity index is 326. The monoisotopic (exact) mass is 262 g/mol. The van der Waals surface area contributed by atoms with E-state index < -0.39 is 6.10 Å². The molecule has 0 aliphatic rings. The predicted octanol–water partition coefficient (Wildman–Crippen LogP) is 2.52. The first kappa shape index (κ1) is 11.5. The summed E-state index contributed by atoms with van der Waals surface area (Å²) < 4.78 is 19.1. The second-order valence-electron chi connectivity index (χ2n) is 3.12. The number of hydrogen-bond donors (Lipinski definition) is 1. The number of hydrogen-bond acceptors (Lipinski definition) is 2. The number of halogens is 2. The number of aliphatic hydroxyl groups is 1. The van der Waals surface area contributed by atoms with E-state index in [0.717, 1.165) is 0 Å². The Hall–Kier alpha value is -0.610. The van der Waals surface area contributed by atoms with E-state index in [1.54, 1.807) is 13.0 Å². The molecule has 0 saturated heterocycles. The maximum atomic E-state index is 13.4. The van der Waals surface area contributed by atoms with Gasteiger partial charge in [0.15, 0.2) is 0 Å². The van der Waals surface area contributed by atoms with Crippen molar-refractivity contribution in [1.82, 2.24) is 0 Å². The zero-order chi connectivity index (χ0) is 10.7. The summed E-state index contributed by atoms with van der Waals surface area (Å²) in [5, 5.41) is 9.19. The normalized spacial score (nSPS) is 12.6. The van der Waals surface area contributed by atoms with Crippen LogP contribution in [-0.2, 0) is 6.42 Å². The van der Waals surface area contributed by atoms with Gasteiger partial charge in [0.1, 0.15) is 11.6 Å². The van der Waals surface area contributed by atoms with E-state index in [2.05, 4.69) is 15.9 Å². The largest absolute Gasteiger partial charge is 0.496 e. The van der Waals surface area contributed by atoms with E-state index >= 15 is 0 Å². The highest BCUT2D eigenvalue weighted by Gasteiger charge is 2.12. The van der Waals surface area contributed by atoms with Gasteiger partial charge in [-0.05, 0) is 19.1 Å². The zero-order valence-electron chi connectivity index (χ0n) is 8.05. The summed E-state index contributed by atoms with van der Waals surface area (Å²) in [6.07, 6.45) is -0.331. The number of ether oxygens (including phenoxy) is 1. The van der Waals surface area contributed by atoms with Gasteiger partial charge in [0.05, 0.1) is 13.2 Å². The average molecular weight is 263 g/mol. The molecule has 1 rings (SSSR count). The third-order valence-corrected chi connectivity index (χ3v) is 2.30. The summed E-state index contributed by atoms with van der Waals surface area (Å²) in [6.45, 7) is 1.61. The van der Waals surface area contributed by atoms with Crippen molar-refractivity contribution >= 4 is 15.9 Å². The minimum Gasteiger partial charge on any atom is -0.496 e. The topological polar surface area (TPSA) is 29.5 Å². The summed E-state index contributed by atoms with van der Waals surface area (Å²) in [6, 6.07) is 3.04. The lowest BCUT2D eigenvalue weighted by atomic mass is 10.1. The van der Waals surface area contributed by atoms with Crippen LogP contribution in [0, 0.1) is 5.82 Å². The first-order valence-electron chi connectivity index (χ1n) is 4.24. The second-order valence-corrected chi connectivity index (χ2v) is 4.04. The SMILES string of the molecule is COc1cc(Br)cc(F)c1C[C@@H](C)O. The van der Waals surface area contributed by atoms with Crippen molar-refractivity contribution in [3.63, 3.8) is 0 Å². The molecule has 0 aliphatic carbocycles. The molecule has 0 unspecified atom stereocenters. The van der Waals surface area contributed by atoms with Crippen LogP contribution in [0.1, 0.15) is 12.5 Å². The number of aliphatic hydroxyl groups excluding tert-OH is 1. The average Bonchev–Trinajstić information content (AvgIpc) is 2.08. The molecule has 0 fully saturated rings.